The topological polar surface area (TPSA) is 32.3 Å². The van der Waals surface area contributed by atoms with Gasteiger partial charge in [-0.2, -0.15) is 0 Å². The minimum Gasteiger partial charge on any atom is -0.354 e. The Morgan fingerprint density at radius 2 is 1.73 bits per heavy atom. The summed E-state index contributed by atoms with van der Waals surface area (Å²) in [6, 6.07) is 12.6. The van der Waals surface area contributed by atoms with Crippen LogP contribution in [-0.2, 0) is 0 Å². The molecule has 2 aliphatic rings. The Kier molecular flexibility index (Phi) is 3.34. The molecule has 1 aromatic carbocycles. The molecule has 1 aromatic heterocycles. The van der Waals surface area contributed by atoms with Crippen LogP contribution in [0.1, 0.15) is 5.56 Å². The predicted molar refractivity (Wildman–Crippen MR) is 88.9 cm³/mol. The van der Waals surface area contributed by atoms with Gasteiger partial charge in [-0.05, 0) is 44.0 Å². The number of hydrogen-bond acceptors (Lipinski definition) is 4. The molecule has 4 nitrogen and oxygen atoms in total. The molecule has 4 rings (SSSR count). The lowest BCUT2D eigenvalue weighted by Gasteiger charge is -2.19. The molecule has 0 N–H and O–H groups in total. The molecule has 114 valence electrons. The van der Waals surface area contributed by atoms with E-state index in [0.29, 0.717) is 0 Å². The highest BCUT2D eigenvalue weighted by Gasteiger charge is 2.39. The number of hydrogen-bond donors (Lipinski definition) is 0. The van der Waals surface area contributed by atoms with Gasteiger partial charge < -0.3 is 9.80 Å². The van der Waals surface area contributed by atoms with Crippen molar-refractivity contribution in [2.75, 3.05) is 38.1 Å². The number of aromatic nitrogens is 2. The van der Waals surface area contributed by atoms with E-state index in [4.69, 9.17) is 0 Å². The smallest absolute Gasteiger partial charge is 0.151 e. The van der Waals surface area contributed by atoms with Crippen LogP contribution < -0.4 is 4.90 Å². The normalized spacial score (nSPS) is 24.7. The lowest BCUT2D eigenvalue weighted by atomic mass is 10.0. The van der Waals surface area contributed by atoms with Crippen LogP contribution in [0.3, 0.4) is 0 Å². The lowest BCUT2D eigenvalue weighted by molar-refractivity contribution is 0.387. The van der Waals surface area contributed by atoms with Crippen molar-refractivity contribution in [3.63, 3.8) is 0 Å². The van der Waals surface area contributed by atoms with E-state index in [1.807, 2.05) is 0 Å². The standard InChI is InChI=1S/C18H22N4/c1-13-4-3-5-14(8-13)17-6-7-18(20-19-17)22-11-15-9-21(2)10-16(15)12-22/h3-8,15-16H,9-12H2,1-2H3. The number of fused-ring (bicyclic) bond motifs is 1. The van der Waals surface area contributed by atoms with Crippen molar-refractivity contribution in [1.29, 1.82) is 0 Å². The molecular formula is C18H22N4. The first-order valence-electron chi connectivity index (χ1n) is 8.03. The molecule has 2 aromatic rings. The van der Waals surface area contributed by atoms with Crippen LogP contribution in [-0.4, -0.2) is 48.3 Å². The third-order valence-corrected chi connectivity index (χ3v) is 4.96. The summed E-state index contributed by atoms with van der Waals surface area (Å²) in [4.78, 5) is 4.84. The summed E-state index contributed by atoms with van der Waals surface area (Å²) >= 11 is 0. The van der Waals surface area contributed by atoms with Crippen molar-refractivity contribution in [2.24, 2.45) is 11.8 Å². The lowest BCUT2D eigenvalue weighted by Crippen LogP contribution is -2.27. The maximum absolute atomic E-state index is 4.48. The highest BCUT2D eigenvalue weighted by atomic mass is 15.3. The number of anilines is 1. The van der Waals surface area contributed by atoms with Gasteiger partial charge in [-0.25, -0.2) is 0 Å². The quantitative estimate of drug-likeness (QED) is 0.851. The first kappa shape index (κ1) is 13.7. The highest BCUT2D eigenvalue weighted by Crippen LogP contribution is 2.32. The molecule has 3 heterocycles. The van der Waals surface area contributed by atoms with Crippen LogP contribution in [0.2, 0.25) is 0 Å². The molecule has 0 radical (unpaired) electrons. The molecule has 2 saturated heterocycles. The van der Waals surface area contributed by atoms with E-state index in [0.717, 1.165) is 42.0 Å². The molecule has 2 unspecified atom stereocenters. The second kappa shape index (κ2) is 5.36. The Morgan fingerprint density at radius 1 is 0.955 bits per heavy atom. The van der Waals surface area contributed by atoms with Crippen LogP contribution in [0.5, 0.6) is 0 Å². The highest BCUT2D eigenvalue weighted by molar-refractivity contribution is 5.60. The van der Waals surface area contributed by atoms with Crippen molar-refractivity contribution in [3.8, 4) is 11.3 Å². The van der Waals surface area contributed by atoms with Gasteiger partial charge in [0.15, 0.2) is 5.82 Å². The number of rotatable bonds is 2. The average Bonchev–Trinajstić information content (AvgIpc) is 3.05. The Morgan fingerprint density at radius 3 is 2.36 bits per heavy atom. The molecule has 0 saturated carbocycles. The van der Waals surface area contributed by atoms with Gasteiger partial charge in [0.2, 0.25) is 0 Å². The SMILES string of the molecule is Cc1cccc(-c2ccc(N3CC4CN(C)CC4C3)nn2)c1. The fourth-order valence-corrected chi connectivity index (χ4v) is 3.87. The molecule has 0 aliphatic carbocycles. The van der Waals surface area contributed by atoms with Gasteiger partial charge in [0.25, 0.3) is 0 Å². The summed E-state index contributed by atoms with van der Waals surface area (Å²) in [5.74, 6) is 2.61. The fraction of sp³-hybridized carbons (Fsp3) is 0.444. The number of nitrogens with zero attached hydrogens (tertiary/aromatic N) is 4. The summed E-state index contributed by atoms with van der Waals surface area (Å²) in [5.41, 5.74) is 3.34. The molecule has 2 fully saturated rings. The molecule has 0 spiro atoms. The predicted octanol–water partition coefficient (Wildman–Crippen LogP) is 2.45. The van der Waals surface area contributed by atoms with Crippen molar-refractivity contribution >= 4 is 5.82 Å². The third-order valence-electron chi connectivity index (χ3n) is 4.96. The average molecular weight is 294 g/mol. The largest absolute Gasteiger partial charge is 0.354 e. The van der Waals surface area contributed by atoms with E-state index < -0.39 is 0 Å². The number of likely N-dealkylation sites (tertiary alicyclic amines) is 1. The zero-order valence-corrected chi connectivity index (χ0v) is 13.2. The Hall–Kier alpha value is -1.94. The minimum atomic E-state index is 0.795. The van der Waals surface area contributed by atoms with Crippen molar-refractivity contribution in [3.05, 3.63) is 42.0 Å². The van der Waals surface area contributed by atoms with Crippen LogP contribution in [0.25, 0.3) is 11.3 Å². The fourth-order valence-electron chi connectivity index (χ4n) is 3.87. The molecule has 2 aliphatic heterocycles. The van der Waals surface area contributed by atoms with Gasteiger partial charge in [0.1, 0.15) is 0 Å². The van der Waals surface area contributed by atoms with Gasteiger partial charge in [0.05, 0.1) is 5.69 Å². The second-order valence-electron chi connectivity index (χ2n) is 6.79. The summed E-state index contributed by atoms with van der Waals surface area (Å²) in [7, 11) is 2.22. The summed E-state index contributed by atoms with van der Waals surface area (Å²) in [5, 5.41) is 8.92. The van der Waals surface area contributed by atoms with Crippen LogP contribution >= 0.6 is 0 Å². The van der Waals surface area contributed by atoms with Gasteiger partial charge in [-0.15, -0.1) is 10.2 Å². The van der Waals surface area contributed by atoms with E-state index >= 15 is 0 Å². The maximum atomic E-state index is 4.48. The van der Waals surface area contributed by atoms with Crippen LogP contribution in [0.15, 0.2) is 36.4 Å². The van der Waals surface area contributed by atoms with Gasteiger partial charge in [-0.3, -0.25) is 0 Å². The Bertz CT molecular complexity index is 653. The maximum Gasteiger partial charge on any atom is 0.151 e. The van der Waals surface area contributed by atoms with Crippen LogP contribution in [0, 0.1) is 18.8 Å². The molecule has 4 heteroatoms. The molecular weight excluding hydrogens is 272 g/mol. The Balaban J connectivity index is 1.51. The second-order valence-corrected chi connectivity index (χ2v) is 6.79. The number of benzene rings is 1. The van der Waals surface area contributed by atoms with Crippen molar-refractivity contribution in [1.82, 2.24) is 15.1 Å². The first-order chi connectivity index (χ1) is 10.7. The summed E-state index contributed by atoms with van der Waals surface area (Å²) in [6.45, 7) is 6.78. The van der Waals surface area contributed by atoms with Gasteiger partial charge >= 0.3 is 0 Å². The first-order valence-corrected chi connectivity index (χ1v) is 8.03. The number of aryl methyl sites for hydroxylation is 1. The van der Waals surface area contributed by atoms with Crippen LogP contribution in [0.4, 0.5) is 5.82 Å². The van der Waals surface area contributed by atoms with E-state index in [2.05, 4.69) is 70.4 Å². The third kappa shape index (κ3) is 2.48. The van der Waals surface area contributed by atoms with Gasteiger partial charge in [-0.1, -0.05) is 23.8 Å². The van der Waals surface area contributed by atoms with E-state index in [-0.39, 0.29) is 0 Å². The monoisotopic (exact) mass is 294 g/mol. The van der Waals surface area contributed by atoms with E-state index in [1.165, 1.54) is 18.7 Å². The van der Waals surface area contributed by atoms with E-state index in [1.54, 1.807) is 0 Å². The molecule has 2 atom stereocenters. The molecule has 0 amide bonds. The minimum absolute atomic E-state index is 0.795. The van der Waals surface area contributed by atoms with E-state index in [9.17, 15) is 0 Å². The summed E-state index contributed by atoms with van der Waals surface area (Å²) < 4.78 is 0. The summed E-state index contributed by atoms with van der Waals surface area (Å²) in [6.07, 6.45) is 0. The Labute approximate surface area is 131 Å². The molecule has 0 bridgehead atoms. The molecule has 22 heavy (non-hydrogen) atoms. The zero-order chi connectivity index (χ0) is 15.1. The van der Waals surface area contributed by atoms with Crippen molar-refractivity contribution in [2.45, 2.75) is 6.92 Å². The van der Waals surface area contributed by atoms with Gasteiger partial charge in [0, 0.05) is 31.7 Å². The zero-order valence-electron chi connectivity index (χ0n) is 13.2. The van der Waals surface area contributed by atoms with Crippen molar-refractivity contribution < 1.29 is 0 Å².